The number of rotatable bonds is 4. The molecule has 3 nitrogen and oxygen atoms in total. The van der Waals surface area contributed by atoms with Gasteiger partial charge in [0.05, 0.1) is 32.2 Å². The SMILES string of the molecule is O=C(Cc1ccccc1)OC[C@H]1CCC[NH+]2CCCC[C@H]12. The smallest absolute Gasteiger partial charge is 0.310 e. The highest BCUT2D eigenvalue weighted by Crippen LogP contribution is 2.20. The molecule has 1 aromatic rings. The van der Waals surface area contributed by atoms with Crippen LogP contribution in [0.3, 0.4) is 0 Å². The van der Waals surface area contributed by atoms with Crippen LogP contribution in [-0.4, -0.2) is 31.7 Å². The van der Waals surface area contributed by atoms with Crippen molar-refractivity contribution >= 4 is 5.97 Å². The predicted molar refractivity (Wildman–Crippen MR) is 82.2 cm³/mol. The fraction of sp³-hybridized carbons (Fsp3) is 0.611. The zero-order valence-electron chi connectivity index (χ0n) is 12.7. The molecule has 1 N–H and O–H groups in total. The third kappa shape index (κ3) is 3.85. The van der Waals surface area contributed by atoms with Gasteiger partial charge in [-0.1, -0.05) is 30.3 Å². The molecule has 0 radical (unpaired) electrons. The first-order chi connectivity index (χ1) is 10.3. The van der Waals surface area contributed by atoms with Crippen LogP contribution in [0.15, 0.2) is 30.3 Å². The number of quaternary nitrogens is 1. The number of hydrogen-bond acceptors (Lipinski definition) is 2. The van der Waals surface area contributed by atoms with E-state index in [1.165, 1.54) is 45.2 Å². The van der Waals surface area contributed by atoms with Crippen LogP contribution in [0.25, 0.3) is 0 Å². The first kappa shape index (κ1) is 14.6. The van der Waals surface area contributed by atoms with Crippen molar-refractivity contribution in [2.24, 2.45) is 5.92 Å². The molecular formula is C18H26NO2+. The van der Waals surface area contributed by atoms with Gasteiger partial charge >= 0.3 is 5.97 Å². The summed E-state index contributed by atoms with van der Waals surface area (Å²) in [6, 6.07) is 10.6. The van der Waals surface area contributed by atoms with Crippen LogP contribution in [-0.2, 0) is 16.0 Å². The molecule has 2 aliphatic heterocycles. The van der Waals surface area contributed by atoms with Gasteiger partial charge in [-0.25, -0.2) is 0 Å². The third-order valence-electron chi connectivity index (χ3n) is 5.08. The van der Waals surface area contributed by atoms with E-state index in [9.17, 15) is 4.79 Å². The first-order valence-electron chi connectivity index (χ1n) is 8.37. The number of nitrogens with one attached hydrogen (secondary N) is 1. The quantitative estimate of drug-likeness (QED) is 0.854. The fourth-order valence-corrected chi connectivity index (χ4v) is 3.99. The molecule has 3 rings (SSSR count). The topological polar surface area (TPSA) is 30.7 Å². The number of piperidine rings is 2. The van der Waals surface area contributed by atoms with E-state index in [4.69, 9.17) is 4.74 Å². The Labute approximate surface area is 127 Å². The number of esters is 1. The summed E-state index contributed by atoms with van der Waals surface area (Å²) in [5.74, 6) is 0.498. The zero-order chi connectivity index (χ0) is 14.5. The van der Waals surface area contributed by atoms with E-state index in [2.05, 4.69) is 0 Å². The Balaban J connectivity index is 1.48. The van der Waals surface area contributed by atoms with Crippen LogP contribution >= 0.6 is 0 Å². The molecule has 2 aliphatic rings. The molecule has 2 saturated heterocycles. The lowest BCUT2D eigenvalue weighted by Crippen LogP contribution is -3.18. The van der Waals surface area contributed by atoms with Crippen LogP contribution in [0, 0.1) is 5.92 Å². The van der Waals surface area contributed by atoms with Crippen LogP contribution < -0.4 is 4.90 Å². The molecule has 114 valence electrons. The average molecular weight is 288 g/mol. The van der Waals surface area contributed by atoms with Crippen molar-refractivity contribution in [1.29, 1.82) is 0 Å². The summed E-state index contributed by atoms with van der Waals surface area (Å²) in [5.41, 5.74) is 1.04. The Hall–Kier alpha value is -1.35. The van der Waals surface area contributed by atoms with E-state index >= 15 is 0 Å². The molecule has 1 aromatic carbocycles. The number of ether oxygens (including phenoxy) is 1. The third-order valence-corrected chi connectivity index (χ3v) is 5.08. The van der Waals surface area contributed by atoms with Gasteiger partial charge in [-0.05, 0) is 37.7 Å². The Kier molecular flexibility index (Phi) is 4.91. The number of hydrogen-bond donors (Lipinski definition) is 1. The number of fused-ring (bicyclic) bond motifs is 1. The molecule has 0 amide bonds. The Bertz CT molecular complexity index is 458. The minimum atomic E-state index is -0.0795. The summed E-state index contributed by atoms with van der Waals surface area (Å²) in [7, 11) is 0. The van der Waals surface area contributed by atoms with E-state index < -0.39 is 0 Å². The first-order valence-corrected chi connectivity index (χ1v) is 8.37. The van der Waals surface area contributed by atoms with E-state index in [0.717, 1.165) is 11.6 Å². The van der Waals surface area contributed by atoms with Crippen molar-refractivity contribution in [2.75, 3.05) is 19.7 Å². The second kappa shape index (κ2) is 7.08. The summed E-state index contributed by atoms with van der Waals surface area (Å²) in [5, 5.41) is 0. The number of carbonyl (C=O) groups excluding carboxylic acids is 1. The lowest BCUT2D eigenvalue weighted by molar-refractivity contribution is -0.940. The van der Waals surface area contributed by atoms with E-state index in [1.54, 1.807) is 4.90 Å². The zero-order valence-corrected chi connectivity index (χ0v) is 12.7. The molecular weight excluding hydrogens is 262 g/mol. The van der Waals surface area contributed by atoms with Crippen molar-refractivity contribution in [2.45, 2.75) is 44.6 Å². The lowest BCUT2D eigenvalue weighted by atomic mass is 9.84. The molecule has 0 bridgehead atoms. The Morgan fingerprint density at radius 3 is 2.76 bits per heavy atom. The largest absolute Gasteiger partial charge is 0.465 e. The van der Waals surface area contributed by atoms with Gasteiger partial charge in [0, 0.05) is 5.92 Å². The van der Waals surface area contributed by atoms with Gasteiger partial charge in [0.25, 0.3) is 0 Å². The second-order valence-corrected chi connectivity index (χ2v) is 6.51. The van der Waals surface area contributed by atoms with Crippen LogP contribution in [0.1, 0.15) is 37.7 Å². The monoisotopic (exact) mass is 288 g/mol. The summed E-state index contributed by atoms with van der Waals surface area (Å²) >= 11 is 0. The van der Waals surface area contributed by atoms with Gasteiger partial charge in [-0.15, -0.1) is 0 Å². The molecule has 0 spiro atoms. The number of benzene rings is 1. The maximum atomic E-state index is 12.0. The second-order valence-electron chi connectivity index (χ2n) is 6.51. The van der Waals surface area contributed by atoms with Gasteiger partial charge in [0.2, 0.25) is 0 Å². The summed E-state index contributed by atoms with van der Waals surface area (Å²) in [6.07, 6.45) is 6.94. The van der Waals surface area contributed by atoms with E-state index in [1.807, 2.05) is 30.3 Å². The molecule has 3 heteroatoms. The van der Waals surface area contributed by atoms with Crippen molar-refractivity contribution in [1.82, 2.24) is 0 Å². The average Bonchev–Trinajstić information content (AvgIpc) is 2.54. The molecule has 0 aliphatic carbocycles. The summed E-state index contributed by atoms with van der Waals surface area (Å²) in [4.78, 5) is 13.7. The minimum Gasteiger partial charge on any atom is -0.465 e. The number of carbonyl (C=O) groups is 1. The molecule has 1 unspecified atom stereocenters. The highest BCUT2D eigenvalue weighted by molar-refractivity contribution is 5.72. The van der Waals surface area contributed by atoms with Crippen LogP contribution in [0.2, 0.25) is 0 Å². The lowest BCUT2D eigenvalue weighted by Gasteiger charge is -2.41. The maximum Gasteiger partial charge on any atom is 0.310 e. The predicted octanol–water partition coefficient (Wildman–Crippen LogP) is 1.62. The standard InChI is InChI=1S/C18H25NO2/c20-18(13-15-7-2-1-3-8-15)21-14-16-9-6-12-19-11-5-4-10-17(16)19/h1-3,7-8,16-17H,4-6,9-14H2/p+1/t16-,17-/m1/s1. The van der Waals surface area contributed by atoms with Gasteiger partial charge < -0.3 is 9.64 Å². The molecule has 0 saturated carbocycles. The van der Waals surface area contributed by atoms with Crippen molar-refractivity contribution in [3.63, 3.8) is 0 Å². The van der Waals surface area contributed by atoms with Gasteiger partial charge in [0.15, 0.2) is 0 Å². The molecule has 2 fully saturated rings. The van der Waals surface area contributed by atoms with Gasteiger partial charge in [-0.2, -0.15) is 0 Å². The molecule has 0 aromatic heterocycles. The van der Waals surface area contributed by atoms with Crippen LogP contribution in [0.5, 0.6) is 0 Å². The van der Waals surface area contributed by atoms with E-state index in [0.29, 0.717) is 18.9 Å². The van der Waals surface area contributed by atoms with Crippen LogP contribution in [0.4, 0.5) is 0 Å². The summed E-state index contributed by atoms with van der Waals surface area (Å²) in [6.45, 7) is 3.26. The highest BCUT2D eigenvalue weighted by atomic mass is 16.5. The Morgan fingerprint density at radius 1 is 1.10 bits per heavy atom. The maximum absolute atomic E-state index is 12.0. The van der Waals surface area contributed by atoms with Gasteiger partial charge in [0.1, 0.15) is 0 Å². The highest BCUT2D eigenvalue weighted by Gasteiger charge is 2.37. The fourth-order valence-electron chi connectivity index (χ4n) is 3.99. The van der Waals surface area contributed by atoms with Gasteiger partial charge in [-0.3, -0.25) is 4.79 Å². The van der Waals surface area contributed by atoms with Crippen molar-refractivity contribution < 1.29 is 14.4 Å². The van der Waals surface area contributed by atoms with Crippen molar-refractivity contribution in [3.05, 3.63) is 35.9 Å². The molecule has 2 heterocycles. The minimum absolute atomic E-state index is 0.0795. The Morgan fingerprint density at radius 2 is 1.90 bits per heavy atom. The normalized spacial score (nSPS) is 28.7. The summed E-state index contributed by atoms with van der Waals surface area (Å²) < 4.78 is 5.58. The molecule has 3 atom stereocenters. The van der Waals surface area contributed by atoms with Crippen molar-refractivity contribution in [3.8, 4) is 0 Å². The molecule has 21 heavy (non-hydrogen) atoms. The van der Waals surface area contributed by atoms with E-state index in [-0.39, 0.29) is 5.97 Å².